The lowest BCUT2D eigenvalue weighted by atomic mass is 10.4. The Kier molecular flexibility index (Phi) is 2.10. The average molecular weight is 140 g/mol. The van der Waals surface area contributed by atoms with E-state index >= 15 is 0 Å². The Labute approximate surface area is 58.9 Å². The summed E-state index contributed by atoms with van der Waals surface area (Å²) in [6, 6.07) is 0. The standard InChI is InChI=1S/C7H8O3/c1-6(8)10-7-4-2-3-5-9-7/h2-5,7H,1H3. The van der Waals surface area contributed by atoms with E-state index in [1.165, 1.54) is 13.2 Å². The van der Waals surface area contributed by atoms with Crippen LogP contribution < -0.4 is 0 Å². The smallest absolute Gasteiger partial charge is 0.305 e. The molecule has 3 heteroatoms. The number of carbonyl (C=O) groups excluding carboxylic acids is 1. The van der Waals surface area contributed by atoms with Gasteiger partial charge in [-0.3, -0.25) is 4.79 Å². The molecule has 0 fully saturated rings. The van der Waals surface area contributed by atoms with Crippen molar-refractivity contribution in [3.63, 3.8) is 0 Å². The average Bonchev–Trinajstić information content (AvgIpc) is 1.88. The SMILES string of the molecule is CC(=O)OC1C=CC=CO1. The minimum Gasteiger partial charge on any atom is -0.459 e. The number of hydrogen-bond donors (Lipinski definition) is 0. The van der Waals surface area contributed by atoms with Crippen molar-refractivity contribution in [2.75, 3.05) is 0 Å². The van der Waals surface area contributed by atoms with Gasteiger partial charge < -0.3 is 9.47 Å². The van der Waals surface area contributed by atoms with Crippen molar-refractivity contribution in [2.24, 2.45) is 0 Å². The number of hydrogen-bond acceptors (Lipinski definition) is 3. The van der Waals surface area contributed by atoms with Gasteiger partial charge in [-0.2, -0.15) is 0 Å². The Morgan fingerprint density at radius 3 is 2.90 bits per heavy atom. The van der Waals surface area contributed by atoms with Gasteiger partial charge in [0.2, 0.25) is 0 Å². The minimum atomic E-state index is -0.539. The van der Waals surface area contributed by atoms with Crippen LogP contribution in [0.3, 0.4) is 0 Å². The van der Waals surface area contributed by atoms with Gasteiger partial charge in [0, 0.05) is 6.92 Å². The summed E-state index contributed by atoms with van der Waals surface area (Å²) in [6.07, 6.45) is 6.08. The second kappa shape index (κ2) is 3.06. The second-order valence-corrected chi connectivity index (χ2v) is 1.83. The molecule has 1 unspecified atom stereocenters. The zero-order chi connectivity index (χ0) is 7.40. The zero-order valence-corrected chi connectivity index (χ0v) is 5.61. The topological polar surface area (TPSA) is 35.5 Å². The van der Waals surface area contributed by atoms with Crippen LogP contribution in [-0.4, -0.2) is 12.3 Å². The van der Waals surface area contributed by atoms with Gasteiger partial charge in [-0.25, -0.2) is 0 Å². The predicted molar refractivity (Wildman–Crippen MR) is 34.9 cm³/mol. The fourth-order valence-corrected chi connectivity index (χ4v) is 0.599. The van der Waals surface area contributed by atoms with Crippen LogP contribution in [0.1, 0.15) is 6.92 Å². The van der Waals surface area contributed by atoms with E-state index in [4.69, 9.17) is 9.47 Å². The fraction of sp³-hybridized carbons (Fsp3) is 0.286. The van der Waals surface area contributed by atoms with E-state index in [0.717, 1.165) is 0 Å². The summed E-state index contributed by atoms with van der Waals surface area (Å²) >= 11 is 0. The molecule has 0 amide bonds. The van der Waals surface area contributed by atoms with Crippen LogP contribution in [0.15, 0.2) is 24.5 Å². The molecule has 54 valence electrons. The molecular weight excluding hydrogens is 132 g/mol. The number of esters is 1. The van der Waals surface area contributed by atoms with Gasteiger partial charge in [0.25, 0.3) is 6.29 Å². The van der Waals surface area contributed by atoms with Gasteiger partial charge in [0.15, 0.2) is 0 Å². The molecule has 0 aliphatic carbocycles. The maximum atomic E-state index is 10.4. The Hall–Kier alpha value is -1.25. The number of carbonyl (C=O) groups is 1. The zero-order valence-electron chi connectivity index (χ0n) is 5.61. The van der Waals surface area contributed by atoms with Crippen molar-refractivity contribution in [2.45, 2.75) is 13.2 Å². The Balaban J connectivity index is 2.37. The van der Waals surface area contributed by atoms with Crippen molar-refractivity contribution >= 4 is 5.97 Å². The molecule has 0 saturated heterocycles. The lowest BCUT2D eigenvalue weighted by molar-refractivity contribution is -0.159. The summed E-state index contributed by atoms with van der Waals surface area (Å²) < 4.78 is 9.57. The third kappa shape index (κ3) is 1.93. The largest absolute Gasteiger partial charge is 0.459 e. The van der Waals surface area contributed by atoms with Crippen LogP contribution in [0.2, 0.25) is 0 Å². The van der Waals surface area contributed by atoms with E-state index < -0.39 is 6.29 Å². The van der Waals surface area contributed by atoms with Crippen LogP contribution in [0.25, 0.3) is 0 Å². The second-order valence-electron chi connectivity index (χ2n) is 1.83. The van der Waals surface area contributed by atoms with Crippen molar-refractivity contribution in [3.8, 4) is 0 Å². The summed E-state index contributed by atoms with van der Waals surface area (Å²) in [7, 11) is 0. The molecule has 0 spiro atoms. The number of allylic oxidation sites excluding steroid dienone is 2. The highest BCUT2D eigenvalue weighted by Crippen LogP contribution is 2.03. The Morgan fingerprint density at radius 1 is 1.60 bits per heavy atom. The summed E-state index contributed by atoms with van der Waals surface area (Å²) in [6.45, 7) is 1.34. The maximum absolute atomic E-state index is 10.4. The highest BCUT2D eigenvalue weighted by molar-refractivity contribution is 5.66. The van der Waals surface area contributed by atoms with E-state index in [1.54, 1.807) is 18.2 Å². The molecule has 0 N–H and O–H groups in total. The molecule has 1 heterocycles. The van der Waals surface area contributed by atoms with Gasteiger partial charge in [-0.1, -0.05) is 6.08 Å². The summed E-state index contributed by atoms with van der Waals surface area (Å²) in [5.74, 6) is -0.343. The molecule has 1 rings (SSSR count). The lowest BCUT2D eigenvalue weighted by Crippen LogP contribution is -2.16. The van der Waals surface area contributed by atoms with Gasteiger partial charge in [-0.05, 0) is 12.2 Å². The van der Waals surface area contributed by atoms with Gasteiger partial charge in [0.05, 0.1) is 6.26 Å². The molecule has 0 aromatic carbocycles. The fourth-order valence-electron chi connectivity index (χ4n) is 0.599. The van der Waals surface area contributed by atoms with E-state index in [-0.39, 0.29) is 5.97 Å². The van der Waals surface area contributed by atoms with E-state index in [2.05, 4.69) is 0 Å². The van der Waals surface area contributed by atoms with Crippen molar-refractivity contribution in [1.29, 1.82) is 0 Å². The van der Waals surface area contributed by atoms with Crippen LogP contribution in [0, 0.1) is 0 Å². The molecule has 0 bridgehead atoms. The van der Waals surface area contributed by atoms with Crippen molar-refractivity contribution in [1.82, 2.24) is 0 Å². The quantitative estimate of drug-likeness (QED) is 0.509. The first kappa shape index (κ1) is 6.86. The minimum absolute atomic E-state index is 0.343. The third-order valence-corrected chi connectivity index (χ3v) is 0.953. The molecule has 1 atom stereocenters. The van der Waals surface area contributed by atoms with E-state index in [0.29, 0.717) is 0 Å². The van der Waals surface area contributed by atoms with Gasteiger partial charge in [-0.15, -0.1) is 0 Å². The Bertz CT molecular complexity index is 181. The summed E-state index contributed by atoms with van der Waals surface area (Å²) in [5.41, 5.74) is 0. The molecule has 1 aliphatic rings. The molecule has 0 aromatic heterocycles. The Morgan fingerprint density at radius 2 is 2.40 bits per heavy atom. The van der Waals surface area contributed by atoms with Crippen molar-refractivity contribution in [3.05, 3.63) is 24.5 Å². The van der Waals surface area contributed by atoms with E-state index in [9.17, 15) is 4.79 Å². The normalized spacial score (nSPS) is 21.9. The monoisotopic (exact) mass is 140 g/mol. The molecular formula is C7H8O3. The first-order valence-electron chi connectivity index (χ1n) is 2.95. The highest BCUT2D eigenvalue weighted by atomic mass is 16.7. The number of ether oxygens (including phenoxy) is 2. The molecule has 10 heavy (non-hydrogen) atoms. The van der Waals surface area contributed by atoms with Gasteiger partial charge in [0.1, 0.15) is 0 Å². The molecule has 1 aliphatic heterocycles. The van der Waals surface area contributed by atoms with Crippen LogP contribution >= 0.6 is 0 Å². The van der Waals surface area contributed by atoms with E-state index in [1.807, 2.05) is 0 Å². The van der Waals surface area contributed by atoms with Crippen LogP contribution in [-0.2, 0) is 14.3 Å². The molecule has 0 radical (unpaired) electrons. The van der Waals surface area contributed by atoms with Crippen molar-refractivity contribution < 1.29 is 14.3 Å². The first-order valence-corrected chi connectivity index (χ1v) is 2.95. The number of rotatable bonds is 1. The predicted octanol–water partition coefficient (Wildman–Crippen LogP) is 0.976. The summed E-state index contributed by atoms with van der Waals surface area (Å²) in [5, 5.41) is 0. The lowest BCUT2D eigenvalue weighted by Gasteiger charge is -2.13. The molecule has 0 saturated carbocycles. The molecule has 3 nitrogen and oxygen atoms in total. The first-order chi connectivity index (χ1) is 4.79. The molecule has 0 aromatic rings. The maximum Gasteiger partial charge on any atom is 0.305 e. The summed E-state index contributed by atoms with van der Waals surface area (Å²) in [4.78, 5) is 10.4. The van der Waals surface area contributed by atoms with Crippen LogP contribution in [0.5, 0.6) is 0 Å². The van der Waals surface area contributed by atoms with Gasteiger partial charge >= 0.3 is 5.97 Å². The highest BCUT2D eigenvalue weighted by Gasteiger charge is 2.07. The van der Waals surface area contributed by atoms with Crippen LogP contribution in [0.4, 0.5) is 0 Å². The third-order valence-electron chi connectivity index (χ3n) is 0.953.